The fourth-order valence-electron chi connectivity index (χ4n) is 2.87. The first-order valence-electron chi connectivity index (χ1n) is 7.55. The molecule has 0 atom stereocenters. The van der Waals surface area contributed by atoms with Crippen LogP contribution in [0.3, 0.4) is 0 Å². The SMILES string of the molecule is Cc1occc1-c1nnc(NS(=O)(=O)c2ccc3c(c2)CCC3)o1. The third-order valence-electron chi connectivity index (χ3n) is 4.12. The van der Waals surface area contributed by atoms with Crippen molar-refractivity contribution >= 4 is 16.0 Å². The van der Waals surface area contributed by atoms with E-state index in [0.717, 1.165) is 24.8 Å². The van der Waals surface area contributed by atoms with E-state index in [9.17, 15) is 8.42 Å². The predicted molar refractivity (Wildman–Crippen MR) is 86.0 cm³/mol. The number of benzene rings is 1. The van der Waals surface area contributed by atoms with Crippen molar-refractivity contribution in [3.63, 3.8) is 0 Å². The Labute approximate surface area is 138 Å². The smallest absolute Gasteiger partial charge is 0.330 e. The number of fused-ring (bicyclic) bond motifs is 1. The van der Waals surface area contributed by atoms with Gasteiger partial charge in [0.1, 0.15) is 5.76 Å². The van der Waals surface area contributed by atoms with Gasteiger partial charge in [-0.1, -0.05) is 11.2 Å². The highest BCUT2D eigenvalue weighted by Gasteiger charge is 2.21. The lowest BCUT2D eigenvalue weighted by Crippen LogP contribution is -2.13. The number of aryl methyl sites for hydroxylation is 3. The standard InChI is InChI=1S/C16H15N3O4S/c1-10-14(7-8-22-10)15-17-18-16(23-15)19-24(20,21)13-6-5-11-3-2-4-12(11)9-13/h5-9H,2-4H2,1H3,(H,18,19). The molecular formula is C16H15N3O4S. The second-order valence-electron chi connectivity index (χ2n) is 5.69. The first-order valence-corrected chi connectivity index (χ1v) is 9.04. The summed E-state index contributed by atoms with van der Waals surface area (Å²) in [6.45, 7) is 1.76. The molecule has 0 saturated heterocycles. The van der Waals surface area contributed by atoms with Gasteiger partial charge < -0.3 is 8.83 Å². The highest BCUT2D eigenvalue weighted by Crippen LogP contribution is 2.27. The number of hydrogen-bond acceptors (Lipinski definition) is 6. The number of sulfonamides is 1. The minimum Gasteiger partial charge on any atom is -0.469 e. The van der Waals surface area contributed by atoms with E-state index in [2.05, 4.69) is 14.9 Å². The van der Waals surface area contributed by atoms with Gasteiger partial charge in [0.05, 0.1) is 16.7 Å². The Balaban J connectivity index is 1.61. The Morgan fingerprint density at radius 1 is 1.12 bits per heavy atom. The topological polar surface area (TPSA) is 98.2 Å². The van der Waals surface area contributed by atoms with Crippen molar-refractivity contribution in [1.29, 1.82) is 0 Å². The van der Waals surface area contributed by atoms with Crippen LogP contribution in [0.1, 0.15) is 23.3 Å². The summed E-state index contributed by atoms with van der Waals surface area (Å²) in [5, 5.41) is 7.60. The van der Waals surface area contributed by atoms with E-state index in [4.69, 9.17) is 8.83 Å². The van der Waals surface area contributed by atoms with Crippen LogP contribution in [-0.4, -0.2) is 18.6 Å². The number of nitrogens with zero attached hydrogens (tertiary/aromatic N) is 2. The molecule has 2 heterocycles. The number of furan rings is 1. The highest BCUT2D eigenvalue weighted by atomic mass is 32.2. The minimum absolute atomic E-state index is 0.175. The molecule has 1 aliphatic rings. The van der Waals surface area contributed by atoms with Crippen LogP contribution in [0.25, 0.3) is 11.5 Å². The molecule has 0 unspecified atom stereocenters. The van der Waals surface area contributed by atoms with E-state index in [1.807, 2.05) is 6.07 Å². The van der Waals surface area contributed by atoms with E-state index in [-0.39, 0.29) is 16.8 Å². The number of rotatable bonds is 4. The molecule has 8 heteroatoms. The monoisotopic (exact) mass is 345 g/mol. The molecule has 0 amide bonds. The zero-order valence-electron chi connectivity index (χ0n) is 12.9. The average Bonchev–Trinajstić information content (AvgIpc) is 3.26. The van der Waals surface area contributed by atoms with Crippen LogP contribution >= 0.6 is 0 Å². The summed E-state index contributed by atoms with van der Waals surface area (Å²) in [5.74, 6) is 0.819. The number of hydrogen-bond donors (Lipinski definition) is 1. The van der Waals surface area contributed by atoms with Crippen LogP contribution in [0, 0.1) is 6.92 Å². The van der Waals surface area contributed by atoms with Crippen molar-refractivity contribution in [2.24, 2.45) is 0 Å². The maximum absolute atomic E-state index is 12.5. The van der Waals surface area contributed by atoms with Gasteiger partial charge >= 0.3 is 6.01 Å². The average molecular weight is 345 g/mol. The molecule has 124 valence electrons. The minimum atomic E-state index is -3.77. The van der Waals surface area contributed by atoms with E-state index < -0.39 is 10.0 Å². The zero-order valence-corrected chi connectivity index (χ0v) is 13.8. The molecule has 3 aromatic rings. The summed E-state index contributed by atoms with van der Waals surface area (Å²) >= 11 is 0. The molecule has 24 heavy (non-hydrogen) atoms. The Morgan fingerprint density at radius 3 is 2.75 bits per heavy atom. The van der Waals surface area contributed by atoms with Crippen molar-refractivity contribution < 1.29 is 17.3 Å². The van der Waals surface area contributed by atoms with Crippen LogP contribution in [0.2, 0.25) is 0 Å². The van der Waals surface area contributed by atoms with Gasteiger partial charge in [-0.15, -0.1) is 5.10 Å². The van der Waals surface area contributed by atoms with E-state index in [1.165, 1.54) is 11.8 Å². The number of nitrogens with one attached hydrogen (secondary N) is 1. The lowest BCUT2D eigenvalue weighted by Gasteiger charge is -2.06. The zero-order chi connectivity index (χ0) is 16.7. The van der Waals surface area contributed by atoms with Crippen LogP contribution in [0.4, 0.5) is 6.01 Å². The molecule has 1 aliphatic carbocycles. The van der Waals surface area contributed by atoms with E-state index in [0.29, 0.717) is 11.3 Å². The van der Waals surface area contributed by atoms with Gasteiger partial charge in [0, 0.05) is 0 Å². The number of anilines is 1. The molecule has 1 aromatic carbocycles. The summed E-state index contributed by atoms with van der Waals surface area (Å²) in [6.07, 6.45) is 4.47. The van der Waals surface area contributed by atoms with Gasteiger partial charge in [0.15, 0.2) is 0 Å². The third kappa shape index (κ3) is 2.58. The Hall–Kier alpha value is -2.61. The van der Waals surface area contributed by atoms with Crippen LogP contribution in [0.15, 0.2) is 44.3 Å². The maximum atomic E-state index is 12.5. The molecule has 0 fully saturated rings. The van der Waals surface area contributed by atoms with E-state index in [1.54, 1.807) is 25.1 Å². The van der Waals surface area contributed by atoms with Gasteiger partial charge in [0.2, 0.25) is 0 Å². The van der Waals surface area contributed by atoms with Gasteiger partial charge in [0.25, 0.3) is 15.9 Å². The van der Waals surface area contributed by atoms with Gasteiger partial charge in [-0.25, -0.2) is 13.1 Å². The molecule has 0 spiro atoms. The van der Waals surface area contributed by atoms with Gasteiger partial charge in [-0.2, -0.15) is 0 Å². The maximum Gasteiger partial charge on any atom is 0.330 e. The summed E-state index contributed by atoms with van der Waals surface area (Å²) in [6, 6.07) is 6.68. The normalized spacial score (nSPS) is 13.9. The largest absolute Gasteiger partial charge is 0.469 e. The summed E-state index contributed by atoms with van der Waals surface area (Å²) in [4.78, 5) is 0.197. The second kappa shape index (κ2) is 5.48. The highest BCUT2D eigenvalue weighted by molar-refractivity contribution is 7.92. The van der Waals surface area contributed by atoms with Crippen molar-refractivity contribution in [2.45, 2.75) is 31.1 Å². The first-order chi connectivity index (χ1) is 11.5. The molecule has 2 aromatic heterocycles. The Kier molecular flexibility index (Phi) is 3.42. The van der Waals surface area contributed by atoms with Crippen molar-refractivity contribution in [3.05, 3.63) is 47.4 Å². The lowest BCUT2D eigenvalue weighted by atomic mass is 10.1. The van der Waals surface area contributed by atoms with Crippen molar-refractivity contribution in [1.82, 2.24) is 10.2 Å². The second-order valence-corrected chi connectivity index (χ2v) is 7.37. The van der Waals surface area contributed by atoms with Crippen LogP contribution in [0.5, 0.6) is 0 Å². The summed E-state index contributed by atoms with van der Waals surface area (Å²) in [5.41, 5.74) is 2.92. The van der Waals surface area contributed by atoms with Crippen LogP contribution in [-0.2, 0) is 22.9 Å². The molecule has 0 radical (unpaired) electrons. The molecule has 0 bridgehead atoms. The molecule has 0 aliphatic heterocycles. The van der Waals surface area contributed by atoms with Gasteiger partial charge in [-0.05, 0) is 55.5 Å². The molecule has 7 nitrogen and oxygen atoms in total. The van der Waals surface area contributed by atoms with E-state index >= 15 is 0 Å². The van der Waals surface area contributed by atoms with Crippen molar-refractivity contribution in [2.75, 3.05) is 4.72 Å². The fraction of sp³-hybridized carbons (Fsp3) is 0.250. The molecule has 0 saturated carbocycles. The first kappa shape index (κ1) is 14.9. The third-order valence-corrected chi connectivity index (χ3v) is 5.43. The Bertz CT molecular complexity index is 1000. The summed E-state index contributed by atoms with van der Waals surface area (Å²) in [7, 11) is -3.77. The Morgan fingerprint density at radius 2 is 1.96 bits per heavy atom. The van der Waals surface area contributed by atoms with Crippen LogP contribution < -0.4 is 4.72 Å². The molecular weight excluding hydrogens is 330 g/mol. The lowest BCUT2D eigenvalue weighted by molar-refractivity contribution is 0.531. The predicted octanol–water partition coefficient (Wildman–Crippen LogP) is 2.93. The van der Waals surface area contributed by atoms with Crippen molar-refractivity contribution in [3.8, 4) is 11.5 Å². The van der Waals surface area contributed by atoms with Gasteiger partial charge in [-0.3, -0.25) is 0 Å². The number of aromatic nitrogens is 2. The quantitative estimate of drug-likeness (QED) is 0.780. The summed E-state index contributed by atoms with van der Waals surface area (Å²) < 4.78 is 37.9. The fourth-order valence-corrected chi connectivity index (χ4v) is 3.84. The molecule has 4 rings (SSSR count). The molecule has 1 N–H and O–H groups in total.